The van der Waals surface area contributed by atoms with E-state index in [0.29, 0.717) is 5.69 Å². The smallest absolute Gasteiger partial charge is 0.316 e. The molecule has 3 N–H and O–H groups in total. The van der Waals surface area contributed by atoms with Gasteiger partial charge in [0, 0.05) is 12.7 Å². The summed E-state index contributed by atoms with van der Waals surface area (Å²) in [6.07, 6.45) is 0. The lowest BCUT2D eigenvalue weighted by Gasteiger charge is -2.18. The Morgan fingerprint density at radius 3 is 2.56 bits per heavy atom. The van der Waals surface area contributed by atoms with Crippen molar-refractivity contribution in [2.75, 3.05) is 18.5 Å². The number of rotatable bonds is 3. The highest BCUT2D eigenvalue weighted by molar-refractivity contribution is 7.80. The summed E-state index contributed by atoms with van der Waals surface area (Å²) in [5.41, 5.74) is 6.84. The summed E-state index contributed by atoms with van der Waals surface area (Å²) in [5, 5.41) is 2.36. The third kappa shape index (κ3) is 3.53. The van der Waals surface area contributed by atoms with Crippen molar-refractivity contribution in [2.45, 2.75) is 6.92 Å². The molecular formula is C12H15N3O2S. The van der Waals surface area contributed by atoms with E-state index >= 15 is 0 Å². The highest BCUT2D eigenvalue weighted by atomic mass is 32.1. The number of hydrogen-bond donors (Lipinski definition) is 2. The van der Waals surface area contributed by atoms with Crippen LogP contribution in [0.3, 0.4) is 0 Å². The fourth-order valence-electron chi connectivity index (χ4n) is 1.44. The zero-order chi connectivity index (χ0) is 13.7. The van der Waals surface area contributed by atoms with Crippen LogP contribution in [0.5, 0.6) is 0 Å². The zero-order valence-corrected chi connectivity index (χ0v) is 11.1. The molecule has 6 heteroatoms. The molecule has 0 bridgehead atoms. The minimum absolute atomic E-state index is 0.0154. The molecule has 0 radical (unpaired) electrons. The molecule has 96 valence electrons. The number of amides is 2. The summed E-state index contributed by atoms with van der Waals surface area (Å²) in [6.45, 7) is 1.88. The van der Waals surface area contributed by atoms with Crippen LogP contribution in [0.2, 0.25) is 0 Å². The van der Waals surface area contributed by atoms with E-state index in [2.05, 4.69) is 17.5 Å². The molecule has 2 amide bonds. The molecule has 0 spiro atoms. The fourth-order valence-corrected chi connectivity index (χ4v) is 1.52. The first-order valence-corrected chi connectivity index (χ1v) is 5.74. The second-order valence-electron chi connectivity index (χ2n) is 3.80. The highest BCUT2D eigenvalue weighted by Gasteiger charge is 2.20. The van der Waals surface area contributed by atoms with Crippen LogP contribution in [0.25, 0.3) is 0 Å². The van der Waals surface area contributed by atoms with Gasteiger partial charge in [0.15, 0.2) is 0 Å². The van der Waals surface area contributed by atoms with Crippen molar-refractivity contribution < 1.29 is 9.59 Å². The summed E-state index contributed by atoms with van der Waals surface area (Å²) in [6, 6.07) is 7.31. The molecule has 0 saturated heterocycles. The molecule has 0 atom stereocenters. The van der Waals surface area contributed by atoms with Gasteiger partial charge in [-0.05, 0) is 18.6 Å². The number of para-hydroxylation sites is 1. The summed E-state index contributed by atoms with van der Waals surface area (Å²) in [4.78, 5) is 24.8. The van der Waals surface area contributed by atoms with Gasteiger partial charge in [-0.15, -0.1) is 0 Å². The van der Waals surface area contributed by atoms with Crippen molar-refractivity contribution in [1.82, 2.24) is 5.32 Å². The van der Waals surface area contributed by atoms with Crippen LogP contribution in [0.15, 0.2) is 24.3 Å². The van der Waals surface area contributed by atoms with Crippen LogP contribution in [-0.2, 0) is 9.59 Å². The van der Waals surface area contributed by atoms with Crippen LogP contribution in [0.1, 0.15) is 5.56 Å². The second-order valence-corrected chi connectivity index (χ2v) is 4.32. The SMILES string of the molecule is Cc1ccccc1N(C)C(=O)C(=O)NCC(N)=S. The van der Waals surface area contributed by atoms with Crippen molar-refractivity contribution in [3.63, 3.8) is 0 Å². The van der Waals surface area contributed by atoms with E-state index in [9.17, 15) is 9.59 Å². The normalized spacial score (nSPS) is 9.67. The van der Waals surface area contributed by atoms with E-state index in [1.165, 1.54) is 4.90 Å². The molecule has 0 saturated carbocycles. The minimum Gasteiger partial charge on any atom is -0.392 e. The molecule has 1 rings (SSSR count). The summed E-state index contributed by atoms with van der Waals surface area (Å²) >= 11 is 4.62. The zero-order valence-electron chi connectivity index (χ0n) is 10.3. The van der Waals surface area contributed by atoms with E-state index < -0.39 is 11.8 Å². The third-order valence-corrected chi connectivity index (χ3v) is 2.54. The molecule has 0 unspecified atom stereocenters. The number of nitrogens with one attached hydrogen (secondary N) is 1. The van der Waals surface area contributed by atoms with Crippen LogP contribution in [-0.4, -0.2) is 30.4 Å². The quantitative estimate of drug-likeness (QED) is 0.611. The Bertz CT molecular complexity index is 488. The average molecular weight is 265 g/mol. The van der Waals surface area contributed by atoms with E-state index in [4.69, 9.17) is 5.73 Å². The van der Waals surface area contributed by atoms with Gasteiger partial charge in [-0.3, -0.25) is 9.59 Å². The van der Waals surface area contributed by atoms with Gasteiger partial charge < -0.3 is 16.0 Å². The van der Waals surface area contributed by atoms with Crippen molar-refractivity contribution in [2.24, 2.45) is 5.73 Å². The monoisotopic (exact) mass is 265 g/mol. The highest BCUT2D eigenvalue weighted by Crippen LogP contribution is 2.17. The number of anilines is 1. The van der Waals surface area contributed by atoms with Crippen molar-refractivity contribution in [3.05, 3.63) is 29.8 Å². The molecule has 18 heavy (non-hydrogen) atoms. The number of aryl methyl sites for hydroxylation is 1. The van der Waals surface area contributed by atoms with Gasteiger partial charge in [0.25, 0.3) is 0 Å². The Labute approximate surface area is 111 Å². The Kier molecular flexibility index (Phi) is 4.79. The number of nitrogens with zero attached hydrogens (tertiary/aromatic N) is 1. The summed E-state index contributed by atoms with van der Waals surface area (Å²) in [7, 11) is 1.55. The Balaban J connectivity index is 2.75. The van der Waals surface area contributed by atoms with Gasteiger partial charge >= 0.3 is 11.8 Å². The van der Waals surface area contributed by atoms with E-state index in [-0.39, 0.29) is 11.5 Å². The number of nitrogens with two attached hydrogens (primary N) is 1. The second kappa shape index (κ2) is 6.11. The molecule has 0 heterocycles. The number of carbonyl (C=O) groups excluding carboxylic acids is 2. The lowest BCUT2D eigenvalue weighted by molar-refractivity contribution is -0.137. The first kappa shape index (κ1) is 14.1. The molecular weight excluding hydrogens is 250 g/mol. The maximum absolute atomic E-state index is 11.8. The van der Waals surface area contributed by atoms with Crippen LogP contribution in [0, 0.1) is 6.92 Å². The lowest BCUT2D eigenvalue weighted by Crippen LogP contribution is -2.43. The van der Waals surface area contributed by atoms with Gasteiger partial charge in [-0.1, -0.05) is 30.4 Å². The van der Waals surface area contributed by atoms with E-state index in [1.807, 2.05) is 19.1 Å². The number of carbonyl (C=O) groups is 2. The van der Waals surface area contributed by atoms with Gasteiger partial charge in [-0.25, -0.2) is 0 Å². The minimum atomic E-state index is -0.728. The molecule has 0 aromatic heterocycles. The molecule has 0 aliphatic rings. The summed E-state index contributed by atoms with van der Waals surface area (Å²) in [5.74, 6) is -1.38. The van der Waals surface area contributed by atoms with Gasteiger partial charge in [-0.2, -0.15) is 0 Å². The predicted molar refractivity (Wildman–Crippen MR) is 74.4 cm³/mol. The molecule has 0 aliphatic heterocycles. The van der Waals surface area contributed by atoms with Crippen molar-refractivity contribution in [1.29, 1.82) is 0 Å². The molecule has 0 aliphatic carbocycles. The average Bonchev–Trinajstić information content (AvgIpc) is 2.34. The van der Waals surface area contributed by atoms with Gasteiger partial charge in [0.05, 0.1) is 11.5 Å². The maximum Gasteiger partial charge on any atom is 0.316 e. The Hall–Kier alpha value is -1.95. The van der Waals surface area contributed by atoms with Crippen LogP contribution < -0.4 is 16.0 Å². The number of likely N-dealkylation sites (N-methyl/N-ethyl adjacent to an activating group) is 1. The number of thiocarbonyl (C=S) groups is 1. The first-order chi connectivity index (χ1) is 8.43. The standard InChI is InChI=1S/C12H15N3O2S/c1-8-5-3-4-6-9(8)15(2)12(17)11(16)14-7-10(13)18/h3-6H,7H2,1-2H3,(H2,13,18)(H,14,16). The van der Waals surface area contributed by atoms with Crippen molar-refractivity contribution in [3.8, 4) is 0 Å². The lowest BCUT2D eigenvalue weighted by atomic mass is 10.2. The Morgan fingerprint density at radius 2 is 2.00 bits per heavy atom. The molecule has 0 fully saturated rings. The molecule has 5 nitrogen and oxygen atoms in total. The maximum atomic E-state index is 11.8. The van der Waals surface area contributed by atoms with E-state index in [0.717, 1.165) is 5.56 Å². The number of hydrogen-bond acceptors (Lipinski definition) is 3. The van der Waals surface area contributed by atoms with Crippen molar-refractivity contribution >= 4 is 34.7 Å². The molecule has 1 aromatic rings. The van der Waals surface area contributed by atoms with Crippen LogP contribution in [0.4, 0.5) is 5.69 Å². The van der Waals surface area contributed by atoms with Gasteiger partial charge in [0.2, 0.25) is 0 Å². The largest absolute Gasteiger partial charge is 0.392 e. The first-order valence-electron chi connectivity index (χ1n) is 5.33. The summed E-state index contributed by atoms with van der Waals surface area (Å²) < 4.78 is 0. The van der Waals surface area contributed by atoms with E-state index in [1.54, 1.807) is 19.2 Å². The molecule has 1 aromatic carbocycles. The Morgan fingerprint density at radius 1 is 1.39 bits per heavy atom. The predicted octanol–water partition coefficient (Wildman–Crippen LogP) is 0.360. The third-order valence-electron chi connectivity index (χ3n) is 2.40. The van der Waals surface area contributed by atoms with Gasteiger partial charge in [0.1, 0.15) is 0 Å². The fraction of sp³-hybridized carbons (Fsp3) is 0.250. The van der Waals surface area contributed by atoms with Crippen LogP contribution >= 0.6 is 12.2 Å². The number of benzene rings is 1. The topological polar surface area (TPSA) is 75.4 Å².